The van der Waals surface area contributed by atoms with Gasteiger partial charge in [0.05, 0.1) is 27.4 Å². The van der Waals surface area contributed by atoms with E-state index in [0.717, 1.165) is 24.9 Å². The summed E-state index contributed by atoms with van der Waals surface area (Å²) >= 11 is 0. The standard InChI is InChI=1S/C15H26N2O4/c1-20-14-11-13(16)10-12(15(14)21-2)4-3-5-17(6-8-18)7-9-19/h10-11,18-19H,3-9,16H2,1-2H3. The van der Waals surface area contributed by atoms with Gasteiger partial charge in [0, 0.05) is 30.4 Å². The van der Waals surface area contributed by atoms with Crippen molar-refractivity contribution in [3.8, 4) is 11.5 Å². The number of hydrogen-bond acceptors (Lipinski definition) is 6. The molecule has 0 saturated carbocycles. The molecule has 0 aromatic heterocycles. The van der Waals surface area contributed by atoms with Crippen LogP contribution in [0.1, 0.15) is 12.0 Å². The number of aryl methyl sites for hydroxylation is 1. The molecule has 0 unspecified atom stereocenters. The van der Waals surface area contributed by atoms with Crippen LogP contribution in [0, 0.1) is 0 Å². The van der Waals surface area contributed by atoms with E-state index >= 15 is 0 Å². The topological polar surface area (TPSA) is 88.2 Å². The normalized spacial score (nSPS) is 10.9. The van der Waals surface area contributed by atoms with E-state index in [9.17, 15) is 0 Å². The number of benzene rings is 1. The highest BCUT2D eigenvalue weighted by molar-refractivity contribution is 5.57. The number of ether oxygens (including phenoxy) is 2. The molecule has 0 amide bonds. The van der Waals surface area contributed by atoms with Crippen molar-refractivity contribution in [3.05, 3.63) is 17.7 Å². The molecule has 1 rings (SSSR count). The zero-order valence-electron chi connectivity index (χ0n) is 12.8. The highest BCUT2D eigenvalue weighted by atomic mass is 16.5. The molecule has 6 heteroatoms. The Bertz CT molecular complexity index is 420. The van der Waals surface area contributed by atoms with Gasteiger partial charge in [-0.15, -0.1) is 0 Å². The highest BCUT2D eigenvalue weighted by Gasteiger charge is 2.12. The van der Waals surface area contributed by atoms with Crippen molar-refractivity contribution in [1.82, 2.24) is 4.90 Å². The number of nitrogens with zero attached hydrogens (tertiary/aromatic N) is 1. The van der Waals surface area contributed by atoms with Gasteiger partial charge in [0.2, 0.25) is 0 Å². The van der Waals surface area contributed by atoms with Gasteiger partial charge in [-0.2, -0.15) is 0 Å². The quantitative estimate of drug-likeness (QED) is 0.545. The number of methoxy groups -OCH3 is 2. The monoisotopic (exact) mass is 298 g/mol. The summed E-state index contributed by atoms with van der Waals surface area (Å²) in [7, 11) is 3.20. The molecule has 0 aliphatic heterocycles. The minimum atomic E-state index is 0.0927. The predicted molar refractivity (Wildman–Crippen MR) is 82.9 cm³/mol. The largest absolute Gasteiger partial charge is 0.493 e. The lowest BCUT2D eigenvalue weighted by atomic mass is 10.1. The molecule has 6 nitrogen and oxygen atoms in total. The molecule has 0 atom stereocenters. The van der Waals surface area contributed by atoms with Crippen molar-refractivity contribution in [2.24, 2.45) is 0 Å². The Kier molecular flexibility index (Phi) is 7.89. The van der Waals surface area contributed by atoms with Crippen LogP contribution in [0.4, 0.5) is 5.69 Å². The van der Waals surface area contributed by atoms with Gasteiger partial charge in [-0.1, -0.05) is 0 Å². The van der Waals surface area contributed by atoms with Gasteiger partial charge in [-0.3, -0.25) is 4.90 Å². The summed E-state index contributed by atoms with van der Waals surface area (Å²) in [6, 6.07) is 3.63. The molecule has 0 saturated heterocycles. The van der Waals surface area contributed by atoms with Crippen molar-refractivity contribution >= 4 is 5.69 Å². The molecule has 1 aromatic rings. The molecular formula is C15H26N2O4. The maximum absolute atomic E-state index is 8.99. The fourth-order valence-corrected chi connectivity index (χ4v) is 2.36. The molecule has 21 heavy (non-hydrogen) atoms. The van der Waals surface area contributed by atoms with Crippen LogP contribution in [0.2, 0.25) is 0 Å². The second kappa shape index (κ2) is 9.44. The SMILES string of the molecule is COc1cc(N)cc(CCCN(CCO)CCO)c1OC. The minimum absolute atomic E-state index is 0.0927. The molecule has 1 aromatic carbocycles. The van der Waals surface area contributed by atoms with E-state index in [1.807, 2.05) is 11.0 Å². The van der Waals surface area contributed by atoms with Gasteiger partial charge < -0.3 is 25.4 Å². The zero-order valence-corrected chi connectivity index (χ0v) is 12.8. The molecule has 0 aliphatic carbocycles. The second-order valence-corrected chi connectivity index (χ2v) is 4.81. The molecule has 0 heterocycles. The Balaban J connectivity index is 2.67. The van der Waals surface area contributed by atoms with Crippen LogP contribution in [-0.4, -0.2) is 62.2 Å². The maximum Gasteiger partial charge on any atom is 0.164 e. The van der Waals surface area contributed by atoms with Gasteiger partial charge >= 0.3 is 0 Å². The van der Waals surface area contributed by atoms with E-state index in [4.69, 9.17) is 25.4 Å². The average Bonchev–Trinajstić information content (AvgIpc) is 2.47. The molecule has 0 radical (unpaired) electrons. The first-order valence-electron chi connectivity index (χ1n) is 7.10. The Morgan fingerprint density at radius 3 is 2.24 bits per heavy atom. The Morgan fingerprint density at radius 2 is 1.71 bits per heavy atom. The van der Waals surface area contributed by atoms with Crippen molar-refractivity contribution in [2.75, 3.05) is 52.8 Å². The van der Waals surface area contributed by atoms with Gasteiger partial charge in [-0.25, -0.2) is 0 Å². The van der Waals surface area contributed by atoms with E-state index in [2.05, 4.69) is 0 Å². The number of aliphatic hydroxyl groups is 2. The predicted octanol–water partition coefficient (Wildman–Crippen LogP) is 0.505. The van der Waals surface area contributed by atoms with Crippen LogP contribution in [0.25, 0.3) is 0 Å². The fraction of sp³-hybridized carbons (Fsp3) is 0.600. The van der Waals surface area contributed by atoms with Gasteiger partial charge in [0.1, 0.15) is 0 Å². The number of nitrogen functional groups attached to an aromatic ring is 1. The van der Waals surface area contributed by atoms with Crippen molar-refractivity contribution in [2.45, 2.75) is 12.8 Å². The molecule has 0 aliphatic rings. The number of anilines is 1. The summed E-state index contributed by atoms with van der Waals surface area (Å²) in [5.41, 5.74) is 7.52. The van der Waals surface area contributed by atoms with Crippen LogP contribution in [0.5, 0.6) is 11.5 Å². The van der Waals surface area contributed by atoms with Crippen molar-refractivity contribution in [1.29, 1.82) is 0 Å². The first-order chi connectivity index (χ1) is 10.2. The highest BCUT2D eigenvalue weighted by Crippen LogP contribution is 2.34. The summed E-state index contributed by atoms with van der Waals surface area (Å²) in [5.74, 6) is 1.35. The average molecular weight is 298 g/mol. The van der Waals surface area contributed by atoms with Gasteiger partial charge in [0.15, 0.2) is 11.5 Å². The lowest BCUT2D eigenvalue weighted by Crippen LogP contribution is -2.31. The van der Waals surface area contributed by atoms with Crippen LogP contribution in [0.15, 0.2) is 12.1 Å². The van der Waals surface area contributed by atoms with Crippen molar-refractivity contribution < 1.29 is 19.7 Å². The zero-order chi connectivity index (χ0) is 15.7. The molecule has 4 N–H and O–H groups in total. The number of nitrogens with two attached hydrogens (primary N) is 1. The van der Waals surface area contributed by atoms with Crippen LogP contribution in [-0.2, 0) is 6.42 Å². The first kappa shape index (κ1) is 17.6. The van der Waals surface area contributed by atoms with E-state index in [1.54, 1.807) is 20.3 Å². The molecule has 0 bridgehead atoms. The summed E-state index contributed by atoms with van der Waals surface area (Å²) < 4.78 is 10.7. The third kappa shape index (κ3) is 5.41. The molecule has 120 valence electrons. The van der Waals surface area contributed by atoms with Gasteiger partial charge in [0.25, 0.3) is 0 Å². The van der Waals surface area contributed by atoms with Gasteiger partial charge in [-0.05, 0) is 25.5 Å². The third-order valence-electron chi connectivity index (χ3n) is 3.33. The van der Waals surface area contributed by atoms with E-state index in [0.29, 0.717) is 30.3 Å². The van der Waals surface area contributed by atoms with Crippen LogP contribution < -0.4 is 15.2 Å². The van der Waals surface area contributed by atoms with Crippen molar-refractivity contribution in [3.63, 3.8) is 0 Å². The van der Waals surface area contributed by atoms with Crippen LogP contribution in [0.3, 0.4) is 0 Å². The van der Waals surface area contributed by atoms with Crippen LogP contribution >= 0.6 is 0 Å². The summed E-state index contributed by atoms with van der Waals surface area (Å²) in [5, 5.41) is 18.0. The molecular weight excluding hydrogens is 272 g/mol. The first-order valence-corrected chi connectivity index (χ1v) is 7.10. The Hall–Kier alpha value is -1.50. The number of hydrogen-bond donors (Lipinski definition) is 3. The molecule has 0 fully saturated rings. The summed E-state index contributed by atoms with van der Waals surface area (Å²) in [6.45, 7) is 2.11. The van der Waals surface area contributed by atoms with E-state index in [1.165, 1.54) is 0 Å². The summed E-state index contributed by atoms with van der Waals surface area (Å²) in [6.07, 6.45) is 1.67. The summed E-state index contributed by atoms with van der Waals surface area (Å²) in [4.78, 5) is 2.02. The Morgan fingerprint density at radius 1 is 1.05 bits per heavy atom. The number of aliphatic hydroxyl groups excluding tert-OH is 2. The second-order valence-electron chi connectivity index (χ2n) is 4.81. The van der Waals surface area contributed by atoms with E-state index < -0.39 is 0 Å². The number of rotatable bonds is 10. The maximum atomic E-state index is 8.99. The molecule has 0 spiro atoms. The minimum Gasteiger partial charge on any atom is -0.493 e. The lowest BCUT2D eigenvalue weighted by molar-refractivity contribution is 0.160. The third-order valence-corrected chi connectivity index (χ3v) is 3.33. The Labute approximate surface area is 126 Å². The fourth-order valence-electron chi connectivity index (χ4n) is 2.36. The van der Waals surface area contributed by atoms with E-state index in [-0.39, 0.29) is 13.2 Å². The smallest absolute Gasteiger partial charge is 0.164 e. The lowest BCUT2D eigenvalue weighted by Gasteiger charge is -2.20.